The molecule has 11 heavy (non-hydrogen) atoms. The topological polar surface area (TPSA) is 16.4 Å². The zero-order valence-electron chi connectivity index (χ0n) is 6.03. The molecule has 0 atom stereocenters. The molecule has 0 bridgehead atoms. The molecule has 0 fully saturated rings. The van der Waals surface area contributed by atoms with Crippen LogP contribution < -0.4 is 0 Å². The summed E-state index contributed by atoms with van der Waals surface area (Å²) in [6, 6.07) is 3.78. The first-order chi connectivity index (χ1) is 5.36. The second-order valence-electron chi connectivity index (χ2n) is 2.17. The minimum atomic E-state index is 0.560. The molecule has 0 spiro atoms. The predicted molar refractivity (Wildman–Crippen MR) is 48.7 cm³/mol. The van der Waals surface area contributed by atoms with Gasteiger partial charge in [-0.25, -0.2) is 0 Å². The van der Waals surface area contributed by atoms with Gasteiger partial charge in [0, 0.05) is 0 Å². The SMILES string of the molecule is [S-]CN(C[S-])Cc1ccco1. The van der Waals surface area contributed by atoms with Crippen LogP contribution in [0.15, 0.2) is 22.8 Å². The van der Waals surface area contributed by atoms with Crippen LogP contribution in [0.4, 0.5) is 0 Å². The van der Waals surface area contributed by atoms with Crippen molar-refractivity contribution in [1.82, 2.24) is 4.90 Å². The average molecular weight is 187 g/mol. The number of hydrogen-bond donors (Lipinski definition) is 0. The Morgan fingerprint density at radius 2 is 2.09 bits per heavy atom. The molecular weight excluding hydrogens is 178 g/mol. The molecule has 0 amide bonds. The summed E-state index contributed by atoms with van der Waals surface area (Å²) in [5.41, 5.74) is 0. The second-order valence-corrected chi connectivity index (χ2v) is 2.68. The molecule has 4 heteroatoms. The first-order valence-corrected chi connectivity index (χ1v) is 4.43. The molecule has 0 saturated heterocycles. The van der Waals surface area contributed by atoms with E-state index in [-0.39, 0.29) is 0 Å². The quantitative estimate of drug-likeness (QED) is 0.656. The minimum Gasteiger partial charge on any atom is -0.777 e. The Kier molecular flexibility index (Phi) is 3.90. The van der Waals surface area contributed by atoms with Gasteiger partial charge in [0.2, 0.25) is 0 Å². The summed E-state index contributed by atoms with van der Waals surface area (Å²) in [7, 11) is 0. The van der Waals surface area contributed by atoms with Gasteiger partial charge in [-0.2, -0.15) is 0 Å². The highest BCUT2D eigenvalue weighted by atomic mass is 32.1. The third-order valence-electron chi connectivity index (χ3n) is 1.32. The van der Waals surface area contributed by atoms with Gasteiger partial charge in [-0.15, -0.1) is 11.8 Å². The van der Waals surface area contributed by atoms with Crippen LogP contribution in [0.1, 0.15) is 5.76 Å². The molecule has 0 aliphatic heterocycles. The van der Waals surface area contributed by atoms with Gasteiger partial charge < -0.3 is 34.6 Å². The molecular formula is C7H9NOS2-2. The van der Waals surface area contributed by atoms with Gasteiger partial charge in [-0.05, 0) is 12.1 Å². The van der Waals surface area contributed by atoms with Crippen molar-refractivity contribution >= 4 is 25.3 Å². The van der Waals surface area contributed by atoms with Gasteiger partial charge >= 0.3 is 0 Å². The van der Waals surface area contributed by atoms with Gasteiger partial charge in [0.15, 0.2) is 0 Å². The van der Waals surface area contributed by atoms with E-state index in [2.05, 4.69) is 0 Å². The van der Waals surface area contributed by atoms with E-state index in [1.807, 2.05) is 17.0 Å². The van der Waals surface area contributed by atoms with Crippen molar-refractivity contribution in [2.45, 2.75) is 6.54 Å². The lowest BCUT2D eigenvalue weighted by Crippen LogP contribution is -2.22. The molecule has 1 aromatic rings. The van der Waals surface area contributed by atoms with Gasteiger partial charge in [-0.1, -0.05) is 0 Å². The minimum absolute atomic E-state index is 0.560. The molecule has 0 unspecified atom stereocenters. The number of rotatable bonds is 4. The Morgan fingerprint density at radius 3 is 2.55 bits per heavy atom. The lowest BCUT2D eigenvalue weighted by molar-refractivity contribution is 0.328. The Morgan fingerprint density at radius 1 is 1.36 bits per heavy atom. The third kappa shape index (κ3) is 2.81. The smallest absolute Gasteiger partial charge is 0.117 e. The summed E-state index contributed by atoms with van der Waals surface area (Å²) >= 11 is 9.73. The van der Waals surface area contributed by atoms with E-state index in [1.54, 1.807) is 6.26 Å². The average Bonchev–Trinajstić information content (AvgIpc) is 2.52. The second kappa shape index (κ2) is 4.74. The lowest BCUT2D eigenvalue weighted by Gasteiger charge is -2.27. The van der Waals surface area contributed by atoms with Gasteiger partial charge in [-0.3, -0.25) is 0 Å². The number of furan rings is 1. The fourth-order valence-electron chi connectivity index (χ4n) is 0.751. The number of nitrogens with zero attached hydrogens (tertiary/aromatic N) is 1. The van der Waals surface area contributed by atoms with E-state index in [9.17, 15) is 0 Å². The molecule has 0 aliphatic carbocycles. The summed E-state index contributed by atoms with van der Waals surface area (Å²) in [6.45, 7) is 0.722. The van der Waals surface area contributed by atoms with Crippen LogP contribution in [0.3, 0.4) is 0 Å². The maximum Gasteiger partial charge on any atom is 0.117 e. The van der Waals surface area contributed by atoms with Crippen LogP contribution >= 0.6 is 0 Å². The van der Waals surface area contributed by atoms with E-state index < -0.39 is 0 Å². The van der Waals surface area contributed by atoms with Crippen LogP contribution in [0, 0.1) is 0 Å². The highest BCUT2D eigenvalue weighted by Crippen LogP contribution is 2.03. The Labute approximate surface area is 77.4 Å². The molecule has 62 valence electrons. The van der Waals surface area contributed by atoms with Crippen LogP contribution in [-0.2, 0) is 31.8 Å². The molecule has 1 heterocycles. The fraction of sp³-hybridized carbons (Fsp3) is 0.429. The first-order valence-electron chi connectivity index (χ1n) is 3.27. The summed E-state index contributed by atoms with van der Waals surface area (Å²) in [5.74, 6) is 2.04. The van der Waals surface area contributed by atoms with Crippen molar-refractivity contribution in [3.8, 4) is 0 Å². The van der Waals surface area contributed by atoms with E-state index in [0.717, 1.165) is 12.3 Å². The molecule has 0 aliphatic rings. The molecule has 1 rings (SSSR count). The number of hydrogen-bond acceptors (Lipinski definition) is 4. The first kappa shape index (κ1) is 9.03. The molecule has 2 nitrogen and oxygen atoms in total. The van der Waals surface area contributed by atoms with Crippen LogP contribution in [0.25, 0.3) is 0 Å². The van der Waals surface area contributed by atoms with E-state index >= 15 is 0 Å². The summed E-state index contributed by atoms with van der Waals surface area (Å²) < 4.78 is 5.13. The summed E-state index contributed by atoms with van der Waals surface area (Å²) in [4.78, 5) is 1.95. The van der Waals surface area contributed by atoms with Gasteiger partial charge in [0.25, 0.3) is 0 Å². The van der Waals surface area contributed by atoms with Gasteiger partial charge in [0.05, 0.1) is 12.8 Å². The zero-order valence-corrected chi connectivity index (χ0v) is 7.66. The van der Waals surface area contributed by atoms with Crippen molar-refractivity contribution in [2.75, 3.05) is 11.8 Å². The van der Waals surface area contributed by atoms with Crippen molar-refractivity contribution in [3.05, 3.63) is 24.2 Å². The summed E-state index contributed by atoms with van der Waals surface area (Å²) in [5, 5.41) is 0. The molecule has 1 aromatic heterocycles. The monoisotopic (exact) mass is 187 g/mol. The van der Waals surface area contributed by atoms with E-state index in [1.165, 1.54) is 0 Å². The lowest BCUT2D eigenvalue weighted by atomic mass is 10.4. The van der Waals surface area contributed by atoms with E-state index in [0.29, 0.717) is 11.8 Å². The zero-order chi connectivity index (χ0) is 8.10. The van der Waals surface area contributed by atoms with Crippen LogP contribution in [0.2, 0.25) is 0 Å². The summed E-state index contributed by atoms with van der Waals surface area (Å²) in [6.07, 6.45) is 1.65. The Bertz CT molecular complexity index is 184. The molecule has 0 N–H and O–H groups in total. The van der Waals surface area contributed by atoms with Crippen LogP contribution in [-0.4, -0.2) is 16.7 Å². The highest BCUT2D eigenvalue weighted by Gasteiger charge is 1.96. The fourth-order valence-corrected chi connectivity index (χ4v) is 1.23. The van der Waals surface area contributed by atoms with Crippen molar-refractivity contribution in [3.63, 3.8) is 0 Å². The van der Waals surface area contributed by atoms with E-state index in [4.69, 9.17) is 29.7 Å². The molecule has 0 aromatic carbocycles. The van der Waals surface area contributed by atoms with Crippen LogP contribution in [0.5, 0.6) is 0 Å². The largest absolute Gasteiger partial charge is 0.777 e. The van der Waals surface area contributed by atoms with Crippen molar-refractivity contribution in [1.29, 1.82) is 0 Å². The maximum absolute atomic E-state index is 5.13. The highest BCUT2D eigenvalue weighted by molar-refractivity contribution is 7.59. The predicted octanol–water partition coefficient (Wildman–Crippen LogP) is 1.09. The normalized spacial score (nSPS) is 10.8. The Balaban J connectivity index is 2.41. The van der Waals surface area contributed by atoms with Crippen molar-refractivity contribution in [2.24, 2.45) is 0 Å². The maximum atomic E-state index is 5.13. The molecule has 0 radical (unpaired) electrons. The van der Waals surface area contributed by atoms with Gasteiger partial charge in [0.1, 0.15) is 5.76 Å². The standard InChI is InChI=1S/C7H11NOS2/c10-5-8(6-11)4-7-2-1-3-9-7/h1-3,10-11H,4-6H2/p-2. The Hall–Kier alpha value is -0.0600. The third-order valence-corrected chi connectivity index (χ3v) is 2.05. The van der Waals surface area contributed by atoms with Crippen molar-refractivity contribution < 1.29 is 4.42 Å². The molecule has 0 saturated carbocycles.